The Hall–Kier alpha value is -3.85. The Bertz CT molecular complexity index is 1390. The van der Waals surface area contributed by atoms with Crippen molar-refractivity contribution in [2.75, 3.05) is 30.8 Å². The van der Waals surface area contributed by atoms with Crippen molar-refractivity contribution in [3.05, 3.63) is 95.1 Å². The lowest BCUT2D eigenvalue weighted by Gasteiger charge is -2.33. The monoisotopic (exact) mass is 565 g/mol. The summed E-state index contributed by atoms with van der Waals surface area (Å²) in [6, 6.07) is 21.5. The standard InChI is InChI=1S/C31H39N3O5S/c1-6-18-32-31(36)28(20-25-10-8-7-9-11-25)33(21-26-15-12-23(2)13-16-26)30(35)22-34(40(5,37)38)27-19-24(3)14-17-29(27)39-4/h7-17,19,28H,6,18,20-22H2,1-5H3,(H,32,36)/t28-/m0/s1. The van der Waals surface area contributed by atoms with Gasteiger partial charge in [0.05, 0.1) is 19.1 Å². The van der Waals surface area contributed by atoms with E-state index in [0.717, 1.165) is 39.2 Å². The van der Waals surface area contributed by atoms with Gasteiger partial charge in [0, 0.05) is 19.5 Å². The summed E-state index contributed by atoms with van der Waals surface area (Å²) in [6.45, 7) is 5.88. The van der Waals surface area contributed by atoms with E-state index in [9.17, 15) is 18.0 Å². The summed E-state index contributed by atoms with van der Waals surface area (Å²) in [6.07, 6.45) is 2.08. The molecule has 214 valence electrons. The lowest BCUT2D eigenvalue weighted by molar-refractivity contribution is -0.140. The maximum atomic E-state index is 14.1. The van der Waals surface area contributed by atoms with Crippen LogP contribution in [0.3, 0.4) is 0 Å². The smallest absolute Gasteiger partial charge is 0.244 e. The summed E-state index contributed by atoms with van der Waals surface area (Å²) in [5, 5.41) is 2.94. The van der Waals surface area contributed by atoms with Crippen LogP contribution < -0.4 is 14.4 Å². The van der Waals surface area contributed by atoms with Crippen LogP contribution >= 0.6 is 0 Å². The molecule has 3 aromatic rings. The van der Waals surface area contributed by atoms with Crippen LogP contribution in [0, 0.1) is 13.8 Å². The molecule has 9 heteroatoms. The number of hydrogen-bond donors (Lipinski definition) is 1. The van der Waals surface area contributed by atoms with Crippen molar-refractivity contribution < 1.29 is 22.7 Å². The van der Waals surface area contributed by atoms with E-state index in [1.54, 1.807) is 12.1 Å². The van der Waals surface area contributed by atoms with Crippen molar-refractivity contribution in [2.45, 2.75) is 46.2 Å². The van der Waals surface area contributed by atoms with Gasteiger partial charge in [-0.05, 0) is 49.1 Å². The van der Waals surface area contributed by atoms with E-state index in [-0.39, 0.29) is 24.6 Å². The van der Waals surface area contributed by atoms with E-state index in [0.29, 0.717) is 12.3 Å². The summed E-state index contributed by atoms with van der Waals surface area (Å²) >= 11 is 0. The molecule has 8 nitrogen and oxygen atoms in total. The van der Waals surface area contributed by atoms with Gasteiger partial charge in [0.2, 0.25) is 21.8 Å². The number of nitrogens with one attached hydrogen (secondary N) is 1. The molecule has 0 aliphatic heterocycles. The second-order valence-electron chi connectivity index (χ2n) is 9.95. The summed E-state index contributed by atoms with van der Waals surface area (Å²) < 4.78 is 32.5. The number of nitrogens with zero attached hydrogens (tertiary/aromatic N) is 2. The minimum Gasteiger partial charge on any atom is -0.495 e. The van der Waals surface area contributed by atoms with Crippen LogP contribution in [0.2, 0.25) is 0 Å². The van der Waals surface area contributed by atoms with Gasteiger partial charge in [-0.25, -0.2) is 8.42 Å². The van der Waals surface area contributed by atoms with Gasteiger partial charge in [-0.15, -0.1) is 0 Å². The fourth-order valence-corrected chi connectivity index (χ4v) is 5.24. The molecule has 0 fully saturated rings. The fraction of sp³-hybridized carbons (Fsp3) is 0.355. The molecule has 40 heavy (non-hydrogen) atoms. The summed E-state index contributed by atoms with van der Waals surface area (Å²) in [5.74, 6) is -0.456. The van der Waals surface area contributed by atoms with Crippen LogP contribution in [-0.4, -0.2) is 57.6 Å². The Morgan fingerprint density at radius 2 is 1.57 bits per heavy atom. The maximum absolute atomic E-state index is 14.1. The van der Waals surface area contributed by atoms with Crippen LogP contribution in [0.5, 0.6) is 5.75 Å². The van der Waals surface area contributed by atoms with Gasteiger partial charge in [0.15, 0.2) is 0 Å². The minimum atomic E-state index is -3.89. The summed E-state index contributed by atoms with van der Waals surface area (Å²) in [5.41, 5.74) is 3.87. The average molecular weight is 566 g/mol. The van der Waals surface area contributed by atoms with E-state index in [1.807, 2.05) is 81.4 Å². The number of ether oxygens (including phenoxy) is 1. The van der Waals surface area contributed by atoms with Crippen LogP contribution in [-0.2, 0) is 32.6 Å². The van der Waals surface area contributed by atoms with Gasteiger partial charge in [-0.1, -0.05) is 73.2 Å². The molecule has 1 N–H and O–H groups in total. The van der Waals surface area contributed by atoms with Crippen molar-refractivity contribution in [1.82, 2.24) is 10.2 Å². The quantitative estimate of drug-likeness (QED) is 0.334. The summed E-state index contributed by atoms with van der Waals surface area (Å²) in [4.78, 5) is 29.2. The molecule has 0 radical (unpaired) electrons. The first-order valence-electron chi connectivity index (χ1n) is 13.3. The van der Waals surface area contributed by atoms with Crippen LogP contribution in [0.4, 0.5) is 5.69 Å². The van der Waals surface area contributed by atoms with Gasteiger partial charge in [0.1, 0.15) is 18.3 Å². The first-order valence-corrected chi connectivity index (χ1v) is 15.2. The highest BCUT2D eigenvalue weighted by Gasteiger charge is 2.33. The largest absolute Gasteiger partial charge is 0.495 e. The highest BCUT2D eigenvalue weighted by molar-refractivity contribution is 7.92. The maximum Gasteiger partial charge on any atom is 0.244 e. The molecular formula is C31H39N3O5S. The van der Waals surface area contributed by atoms with Crippen LogP contribution in [0.25, 0.3) is 0 Å². The van der Waals surface area contributed by atoms with E-state index < -0.39 is 28.5 Å². The SMILES string of the molecule is CCCNC(=O)[C@H](Cc1ccccc1)N(Cc1ccc(C)cc1)C(=O)CN(c1cc(C)ccc1OC)S(C)(=O)=O. The number of carbonyl (C=O) groups excluding carboxylic acids is 2. The number of rotatable bonds is 13. The minimum absolute atomic E-state index is 0.138. The molecule has 0 unspecified atom stereocenters. The van der Waals surface area contributed by atoms with E-state index >= 15 is 0 Å². The van der Waals surface area contributed by atoms with Gasteiger partial charge in [-0.3, -0.25) is 13.9 Å². The zero-order chi connectivity index (χ0) is 29.3. The topological polar surface area (TPSA) is 96.0 Å². The number of sulfonamides is 1. The second kappa shape index (κ2) is 14.0. The molecule has 0 aliphatic rings. The van der Waals surface area contributed by atoms with E-state index in [1.165, 1.54) is 12.0 Å². The Balaban J connectivity index is 2.08. The van der Waals surface area contributed by atoms with Crippen molar-refractivity contribution in [3.63, 3.8) is 0 Å². The lowest BCUT2D eigenvalue weighted by Crippen LogP contribution is -2.53. The van der Waals surface area contributed by atoms with Crippen molar-refractivity contribution in [2.24, 2.45) is 0 Å². The third kappa shape index (κ3) is 8.32. The third-order valence-electron chi connectivity index (χ3n) is 6.58. The summed E-state index contributed by atoms with van der Waals surface area (Å²) in [7, 11) is -2.44. The van der Waals surface area contributed by atoms with E-state index in [2.05, 4.69) is 5.32 Å². The normalized spacial score (nSPS) is 11.9. The molecule has 0 bridgehead atoms. The fourth-order valence-electron chi connectivity index (χ4n) is 4.40. The van der Waals surface area contributed by atoms with Gasteiger partial charge in [0.25, 0.3) is 0 Å². The van der Waals surface area contributed by atoms with Crippen molar-refractivity contribution in [3.8, 4) is 5.75 Å². The van der Waals surface area contributed by atoms with Crippen LogP contribution in [0.1, 0.15) is 35.6 Å². The number of anilines is 1. The first kappa shape index (κ1) is 30.7. The second-order valence-corrected chi connectivity index (χ2v) is 11.9. The molecule has 2 amide bonds. The molecule has 0 heterocycles. The highest BCUT2D eigenvalue weighted by atomic mass is 32.2. The number of hydrogen-bond acceptors (Lipinski definition) is 5. The molecule has 0 saturated heterocycles. The number of carbonyl (C=O) groups is 2. The predicted molar refractivity (Wildman–Crippen MR) is 159 cm³/mol. The molecule has 3 rings (SSSR count). The number of amides is 2. The van der Waals surface area contributed by atoms with Crippen LogP contribution in [0.15, 0.2) is 72.8 Å². The average Bonchev–Trinajstić information content (AvgIpc) is 2.93. The van der Waals surface area contributed by atoms with Gasteiger partial charge < -0.3 is 15.0 Å². The lowest BCUT2D eigenvalue weighted by atomic mass is 10.0. The highest BCUT2D eigenvalue weighted by Crippen LogP contribution is 2.31. The van der Waals surface area contributed by atoms with Gasteiger partial charge >= 0.3 is 0 Å². The Morgan fingerprint density at radius 1 is 0.925 bits per heavy atom. The third-order valence-corrected chi connectivity index (χ3v) is 7.70. The Labute approximate surface area is 238 Å². The predicted octanol–water partition coefficient (Wildman–Crippen LogP) is 4.24. The number of benzene rings is 3. The molecule has 1 atom stereocenters. The van der Waals surface area contributed by atoms with Crippen molar-refractivity contribution >= 4 is 27.5 Å². The Kier molecular flexibility index (Phi) is 10.7. The molecule has 0 spiro atoms. The molecular weight excluding hydrogens is 526 g/mol. The molecule has 3 aromatic carbocycles. The number of methoxy groups -OCH3 is 1. The zero-order valence-electron chi connectivity index (χ0n) is 23.9. The van der Waals surface area contributed by atoms with E-state index in [4.69, 9.17) is 4.74 Å². The van der Waals surface area contributed by atoms with Gasteiger partial charge in [-0.2, -0.15) is 0 Å². The first-order chi connectivity index (χ1) is 19.0. The molecule has 0 aromatic heterocycles. The molecule has 0 aliphatic carbocycles. The zero-order valence-corrected chi connectivity index (χ0v) is 24.7. The Morgan fingerprint density at radius 3 is 2.17 bits per heavy atom. The van der Waals surface area contributed by atoms with Crippen molar-refractivity contribution in [1.29, 1.82) is 0 Å². The number of aryl methyl sites for hydroxylation is 2. The molecule has 0 saturated carbocycles.